The summed E-state index contributed by atoms with van der Waals surface area (Å²) < 4.78 is 5.73. The number of hydrogen-bond acceptors (Lipinski definition) is 7. The van der Waals surface area contributed by atoms with E-state index in [1.807, 2.05) is 7.05 Å². The summed E-state index contributed by atoms with van der Waals surface area (Å²) in [4.78, 5) is 14.0. The molecule has 0 aliphatic carbocycles. The Morgan fingerprint density at radius 1 is 1.30 bits per heavy atom. The summed E-state index contributed by atoms with van der Waals surface area (Å²) in [6.07, 6.45) is -1.39. The van der Waals surface area contributed by atoms with E-state index in [0.717, 1.165) is 30.7 Å². The summed E-state index contributed by atoms with van der Waals surface area (Å²) in [5.41, 5.74) is -0.750. The number of nitrogens with one attached hydrogen (secondary N) is 2. The molecule has 0 aromatic heterocycles. The number of carbonyl (C=O) groups is 1. The first-order valence-corrected chi connectivity index (χ1v) is 11.0. The van der Waals surface area contributed by atoms with Crippen molar-refractivity contribution in [3.63, 3.8) is 0 Å². The number of quaternary nitrogens is 1. The second-order valence-corrected chi connectivity index (χ2v) is 8.88. The lowest BCUT2D eigenvalue weighted by Crippen LogP contribution is -3.12. The van der Waals surface area contributed by atoms with Crippen molar-refractivity contribution in [1.29, 1.82) is 0 Å². The van der Waals surface area contributed by atoms with Gasteiger partial charge in [0.2, 0.25) is 0 Å². The zero-order chi connectivity index (χ0) is 20.3. The van der Waals surface area contributed by atoms with Crippen LogP contribution in [0.1, 0.15) is 33.1 Å². The molecule has 8 nitrogen and oxygen atoms in total. The summed E-state index contributed by atoms with van der Waals surface area (Å²) in [6, 6.07) is -1.10. The molecule has 0 spiro atoms. The minimum Gasteiger partial charge on any atom is -0.391 e. The van der Waals surface area contributed by atoms with Crippen LogP contribution in [0, 0.1) is 5.92 Å². The molecule has 27 heavy (non-hydrogen) atoms. The highest BCUT2D eigenvalue weighted by Gasteiger charge is 2.49. The predicted molar refractivity (Wildman–Crippen MR) is 102 cm³/mol. The fraction of sp³-hybridized carbons (Fsp3) is 0.944. The highest BCUT2D eigenvalue weighted by molar-refractivity contribution is 7.99. The summed E-state index contributed by atoms with van der Waals surface area (Å²) in [5.74, 6) is 0.319. The highest BCUT2D eigenvalue weighted by Crippen LogP contribution is 2.29. The Bertz CT molecular complexity index is 494. The maximum Gasteiger partial charge on any atom is 0.278 e. The second-order valence-electron chi connectivity index (χ2n) is 7.95. The van der Waals surface area contributed by atoms with Crippen LogP contribution in [-0.2, 0) is 9.53 Å². The van der Waals surface area contributed by atoms with Gasteiger partial charge in [0.1, 0.15) is 29.9 Å². The lowest BCUT2D eigenvalue weighted by molar-refractivity contribution is -0.884. The highest BCUT2D eigenvalue weighted by atomic mass is 32.2. The molecule has 6 N–H and O–H groups in total. The first-order valence-electron chi connectivity index (χ1n) is 9.74. The Kier molecular flexibility index (Phi) is 8.35. The van der Waals surface area contributed by atoms with E-state index in [2.05, 4.69) is 12.2 Å². The van der Waals surface area contributed by atoms with Crippen LogP contribution in [0.4, 0.5) is 0 Å². The molecule has 1 unspecified atom stereocenters. The number of rotatable bonds is 7. The van der Waals surface area contributed by atoms with Crippen molar-refractivity contribution >= 4 is 17.7 Å². The first kappa shape index (κ1) is 22.9. The second kappa shape index (κ2) is 9.87. The Labute approximate surface area is 165 Å². The molecule has 0 radical (unpaired) electrons. The van der Waals surface area contributed by atoms with Crippen LogP contribution in [-0.4, -0.2) is 94.2 Å². The van der Waals surface area contributed by atoms with E-state index in [9.17, 15) is 25.2 Å². The SMILES string of the molecule is CCC[C@@H]1C[C@@H](C(=O)N[C@@H]([C@H]2O[C@@H](SC)[C@@H](O)[C@@H](O)[C@H]2O)[C@@H](C)O)[NH+](C)C1. The number of amides is 1. The topological polar surface area (TPSA) is 124 Å². The minimum absolute atomic E-state index is 0.186. The Morgan fingerprint density at radius 2 is 1.96 bits per heavy atom. The number of carbonyl (C=O) groups excluding carboxylic acids is 1. The molecular formula is C18H35N2O6S+. The average molecular weight is 408 g/mol. The van der Waals surface area contributed by atoms with Crippen molar-refractivity contribution in [3.05, 3.63) is 0 Å². The quantitative estimate of drug-likeness (QED) is 0.281. The molecule has 158 valence electrons. The normalized spacial score (nSPS) is 41.9. The van der Waals surface area contributed by atoms with Gasteiger partial charge in [0.25, 0.3) is 5.91 Å². The maximum absolute atomic E-state index is 12.9. The van der Waals surface area contributed by atoms with Crippen LogP contribution < -0.4 is 10.2 Å². The van der Waals surface area contributed by atoms with Gasteiger partial charge in [-0.15, -0.1) is 11.8 Å². The van der Waals surface area contributed by atoms with Gasteiger partial charge in [-0.3, -0.25) is 4.79 Å². The molecule has 0 bridgehead atoms. The average Bonchev–Trinajstić information content (AvgIpc) is 2.99. The third-order valence-electron chi connectivity index (χ3n) is 5.81. The van der Waals surface area contributed by atoms with Crippen molar-refractivity contribution in [3.8, 4) is 0 Å². The lowest BCUT2D eigenvalue weighted by Gasteiger charge is -2.44. The molecule has 0 aromatic rings. The molecule has 2 saturated heterocycles. The van der Waals surface area contributed by atoms with E-state index >= 15 is 0 Å². The number of likely N-dealkylation sites (N-methyl/N-ethyl adjacent to an activating group) is 1. The van der Waals surface area contributed by atoms with E-state index in [1.54, 1.807) is 6.26 Å². The molecule has 2 rings (SSSR count). The van der Waals surface area contributed by atoms with Gasteiger partial charge in [-0.05, 0) is 19.6 Å². The number of thioether (sulfide) groups is 1. The van der Waals surface area contributed by atoms with Crippen LogP contribution >= 0.6 is 11.8 Å². The molecule has 0 saturated carbocycles. The minimum atomic E-state index is -1.41. The summed E-state index contributed by atoms with van der Waals surface area (Å²) in [7, 11) is 1.99. The standard InChI is InChI=1S/C18H34N2O6S/c1-5-6-10-7-11(20(3)8-10)17(25)19-12(9(2)21)16-14(23)13(22)15(24)18(26-16)27-4/h9-16,18,21-24H,5-8H2,1-4H3,(H,19,25)/p+1/t9-,10-,11+,12-,13+,14-,15+,16-,18+/m1/s1. The Hall–Kier alpha value is -0.420. The van der Waals surface area contributed by atoms with E-state index in [1.165, 1.54) is 18.7 Å². The Morgan fingerprint density at radius 3 is 2.52 bits per heavy atom. The van der Waals surface area contributed by atoms with E-state index in [0.29, 0.717) is 5.92 Å². The summed E-state index contributed by atoms with van der Waals surface area (Å²) in [6.45, 7) is 4.58. The number of aliphatic hydroxyl groups is 4. The summed E-state index contributed by atoms with van der Waals surface area (Å²) in [5, 5.41) is 43.6. The molecule has 2 aliphatic rings. The van der Waals surface area contributed by atoms with Crippen molar-refractivity contribution in [2.24, 2.45) is 5.92 Å². The van der Waals surface area contributed by atoms with Gasteiger partial charge in [-0.2, -0.15) is 0 Å². The van der Waals surface area contributed by atoms with Gasteiger partial charge >= 0.3 is 0 Å². The van der Waals surface area contributed by atoms with Gasteiger partial charge in [0, 0.05) is 12.3 Å². The number of likely N-dealkylation sites (tertiary alicyclic amines) is 1. The van der Waals surface area contributed by atoms with Crippen LogP contribution in [0.5, 0.6) is 0 Å². The molecule has 0 aromatic carbocycles. The van der Waals surface area contributed by atoms with Gasteiger partial charge in [-0.25, -0.2) is 0 Å². The van der Waals surface area contributed by atoms with Crippen molar-refractivity contribution in [2.75, 3.05) is 19.8 Å². The molecule has 2 fully saturated rings. The number of ether oxygens (including phenoxy) is 1. The molecule has 9 heteroatoms. The van der Waals surface area contributed by atoms with Gasteiger partial charge in [0.05, 0.1) is 25.7 Å². The monoisotopic (exact) mass is 407 g/mol. The fourth-order valence-corrected chi connectivity index (χ4v) is 4.96. The molecule has 1 amide bonds. The largest absolute Gasteiger partial charge is 0.391 e. The van der Waals surface area contributed by atoms with Crippen molar-refractivity contribution in [2.45, 2.75) is 81.1 Å². The number of hydrogen-bond donors (Lipinski definition) is 6. The van der Waals surface area contributed by atoms with E-state index < -0.39 is 42.0 Å². The third-order valence-corrected chi connectivity index (χ3v) is 6.66. The molecular weight excluding hydrogens is 372 g/mol. The van der Waals surface area contributed by atoms with Crippen LogP contribution in [0.3, 0.4) is 0 Å². The first-order chi connectivity index (χ1) is 12.7. The van der Waals surface area contributed by atoms with Crippen LogP contribution in [0.25, 0.3) is 0 Å². The zero-order valence-corrected chi connectivity index (χ0v) is 17.4. The zero-order valence-electron chi connectivity index (χ0n) is 16.5. The fourth-order valence-electron chi connectivity index (χ4n) is 4.28. The van der Waals surface area contributed by atoms with Crippen molar-refractivity contribution < 1.29 is 34.9 Å². The van der Waals surface area contributed by atoms with Crippen LogP contribution in [0.2, 0.25) is 0 Å². The molecule has 2 aliphatic heterocycles. The predicted octanol–water partition coefficient (Wildman–Crippen LogP) is -2.27. The maximum atomic E-state index is 12.9. The van der Waals surface area contributed by atoms with Gasteiger partial charge in [-0.1, -0.05) is 13.3 Å². The smallest absolute Gasteiger partial charge is 0.278 e. The van der Waals surface area contributed by atoms with Gasteiger partial charge in [0.15, 0.2) is 6.04 Å². The molecule has 2 heterocycles. The molecule has 10 atom stereocenters. The third kappa shape index (κ3) is 5.14. The Balaban J connectivity index is 2.09. The van der Waals surface area contributed by atoms with Gasteiger partial charge < -0.3 is 35.4 Å². The van der Waals surface area contributed by atoms with Crippen molar-refractivity contribution in [1.82, 2.24) is 5.32 Å². The van der Waals surface area contributed by atoms with E-state index in [-0.39, 0.29) is 11.9 Å². The van der Waals surface area contributed by atoms with Crippen LogP contribution in [0.15, 0.2) is 0 Å². The number of aliphatic hydroxyl groups excluding tert-OH is 4. The summed E-state index contributed by atoms with van der Waals surface area (Å²) >= 11 is 1.20. The lowest BCUT2D eigenvalue weighted by atomic mass is 9.92. The van der Waals surface area contributed by atoms with E-state index in [4.69, 9.17) is 4.74 Å².